The van der Waals surface area contributed by atoms with Gasteiger partial charge in [-0.15, -0.1) is 13.2 Å². The normalized spacial score (nSPS) is 10.8. The zero-order valence-corrected chi connectivity index (χ0v) is 28.3. The number of methoxy groups -OCH3 is 1. The van der Waals surface area contributed by atoms with Gasteiger partial charge in [-0.3, -0.25) is 0 Å². The molecule has 15 heteroatoms. The Morgan fingerprint density at radius 2 is 1.33 bits per heavy atom. The van der Waals surface area contributed by atoms with E-state index in [0.29, 0.717) is 16.8 Å². The van der Waals surface area contributed by atoms with Crippen molar-refractivity contribution in [2.45, 2.75) is 13.3 Å². The SMILES string of the molecule is COc1cccc(-c2ccc(Nc3ncccc3C(=O)O)c(F)c2)c1F.Cc1cc(Nc2ncccc2C(=O)O)ccc1-c1cccc(OC(F)(F)F)c1. The highest BCUT2D eigenvalue weighted by molar-refractivity contribution is 5.94. The van der Waals surface area contributed by atoms with Gasteiger partial charge in [0.1, 0.15) is 34.3 Å². The molecule has 6 aromatic rings. The van der Waals surface area contributed by atoms with E-state index in [0.717, 1.165) is 17.2 Å². The number of hydrogen-bond donors (Lipinski definition) is 4. The van der Waals surface area contributed by atoms with Crippen molar-refractivity contribution in [3.63, 3.8) is 0 Å². The molecular weight excluding hydrogens is 715 g/mol. The number of carbonyl (C=O) groups is 2. The molecule has 4 N–H and O–H groups in total. The summed E-state index contributed by atoms with van der Waals surface area (Å²) in [6, 6.07) is 25.3. The average molecular weight is 745 g/mol. The number of pyridine rings is 2. The second-order valence-electron chi connectivity index (χ2n) is 11.3. The fourth-order valence-corrected chi connectivity index (χ4v) is 5.22. The zero-order valence-electron chi connectivity index (χ0n) is 28.3. The highest BCUT2D eigenvalue weighted by atomic mass is 19.4. The van der Waals surface area contributed by atoms with Crippen LogP contribution < -0.4 is 20.1 Å². The number of ether oxygens (including phenoxy) is 2. The number of hydrogen-bond acceptors (Lipinski definition) is 8. The number of carboxylic acids is 2. The van der Waals surface area contributed by atoms with Crippen LogP contribution in [0.1, 0.15) is 26.3 Å². The molecule has 0 spiro atoms. The molecule has 10 nitrogen and oxygen atoms in total. The maximum atomic E-state index is 14.5. The first kappa shape index (κ1) is 38.2. The van der Waals surface area contributed by atoms with Gasteiger partial charge in [0.15, 0.2) is 11.6 Å². The number of anilines is 4. The maximum absolute atomic E-state index is 14.5. The number of aromatic carboxylic acids is 2. The summed E-state index contributed by atoms with van der Waals surface area (Å²) < 4.78 is 75.0. The molecule has 0 saturated heterocycles. The average Bonchev–Trinajstić information content (AvgIpc) is 3.12. The molecule has 0 aliphatic rings. The second kappa shape index (κ2) is 16.5. The molecule has 0 bridgehead atoms. The van der Waals surface area contributed by atoms with E-state index in [-0.39, 0.29) is 45.5 Å². The fraction of sp³-hybridized carbons (Fsp3) is 0.0769. The molecule has 0 saturated carbocycles. The molecule has 2 aromatic heterocycles. The lowest BCUT2D eigenvalue weighted by atomic mass is 10.00. The summed E-state index contributed by atoms with van der Waals surface area (Å²) in [6.07, 6.45) is -1.89. The van der Waals surface area contributed by atoms with Gasteiger partial charge in [0.05, 0.1) is 12.8 Å². The minimum Gasteiger partial charge on any atom is -0.494 e. The van der Waals surface area contributed by atoms with E-state index in [1.807, 2.05) is 0 Å². The third kappa shape index (κ3) is 9.44. The molecule has 6 rings (SSSR count). The summed E-state index contributed by atoms with van der Waals surface area (Å²) in [5.41, 5.74) is 3.15. The van der Waals surface area contributed by atoms with Gasteiger partial charge < -0.3 is 30.3 Å². The van der Waals surface area contributed by atoms with Crippen molar-refractivity contribution in [2.75, 3.05) is 17.7 Å². The minimum atomic E-state index is -4.76. The summed E-state index contributed by atoms with van der Waals surface area (Å²) in [4.78, 5) is 30.4. The van der Waals surface area contributed by atoms with Gasteiger partial charge >= 0.3 is 18.3 Å². The third-order valence-corrected chi connectivity index (χ3v) is 7.66. The van der Waals surface area contributed by atoms with E-state index in [1.54, 1.807) is 37.3 Å². The molecule has 276 valence electrons. The Kier molecular flexibility index (Phi) is 11.7. The first-order chi connectivity index (χ1) is 25.7. The smallest absolute Gasteiger partial charge is 0.494 e. The van der Waals surface area contributed by atoms with Crippen LogP contribution >= 0.6 is 0 Å². The lowest BCUT2D eigenvalue weighted by Crippen LogP contribution is -2.17. The van der Waals surface area contributed by atoms with Crippen LogP contribution in [0.2, 0.25) is 0 Å². The number of nitrogens with zero attached hydrogens (tertiary/aromatic N) is 2. The van der Waals surface area contributed by atoms with Gasteiger partial charge in [-0.1, -0.05) is 36.4 Å². The van der Waals surface area contributed by atoms with Crippen LogP contribution in [0.3, 0.4) is 0 Å². The first-order valence-electron chi connectivity index (χ1n) is 15.7. The summed E-state index contributed by atoms with van der Waals surface area (Å²) in [7, 11) is 1.35. The van der Waals surface area contributed by atoms with Gasteiger partial charge in [-0.2, -0.15) is 0 Å². The van der Waals surface area contributed by atoms with Crippen LogP contribution in [0, 0.1) is 18.6 Å². The van der Waals surface area contributed by atoms with Crippen LogP contribution in [-0.2, 0) is 0 Å². The van der Waals surface area contributed by atoms with Crippen LogP contribution in [-0.4, -0.2) is 45.6 Å². The van der Waals surface area contributed by atoms with Crippen LogP contribution in [0.4, 0.5) is 45.0 Å². The Morgan fingerprint density at radius 3 is 1.93 bits per heavy atom. The maximum Gasteiger partial charge on any atom is 0.573 e. The van der Waals surface area contributed by atoms with Gasteiger partial charge in [0.2, 0.25) is 0 Å². The van der Waals surface area contributed by atoms with Crippen molar-refractivity contribution in [2.24, 2.45) is 0 Å². The minimum absolute atomic E-state index is 0.0132. The predicted molar refractivity (Wildman–Crippen MR) is 191 cm³/mol. The quantitative estimate of drug-likeness (QED) is 0.100. The second-order valence-corrected chi connectivity index (χ2v) is 11.3. The molecule has 0 amide bonds. The lowest BCUT2D eigenvalue weighted by molar-refractivity contribution is -0.274. The van der Waals surface area contributed by atoms with Crippen molar-refractivity contribution in [3.8, 4) is 33.8 Å². The highest BCUT2D eigenvalue weighted by Gasteiger charge is 2.31. The van der Waals surface area contributed by atoms with E-state index >= 15 is 0 Å². The van der Waals surface area contributed by atoms with Crippen LogP contribution in [0.25, 0.3) is 22.3 Å². The predicted octanol–water partition coefficient (Wildman–Crippen LogP) is 9.87. The number of rotatable bonds is 10. The van der Waals surface area contributed by atoms with Crippen LogP contribution in [0.15, 0.2) is 116 Å². The molecule has 0 atom stereocenters. The highest BCUT2D eigenvalue weighted by Crippen LogP contribution is 2.33. The van der Waals surface area contributed by atoms with E-state index in [9.17, 15) is 36.6 Å². The Bertz CT molecular complexity index is 2320. The lowest BCUT2D eigenvalue weighted by Gasteiger charge is -2.13. The molecule has 0 radical (unpaired) electrons. The zero-order chi connectivity index (χ0) is 39.0. The van der Waals surface area contributed by atoms with Crippen molar-refractivity contribution in [1.82, 2.24) is 9.97 Å². The number of carboxylic acid groups (broad SMARTS) is 2. The van der Waals surface area contributed by atoms with Gasteiger partial charge in [0, 0.05) is 23.6 Å². The number of halogens is 5. The van der Waals surface area contributed by atoms with E-state index < -0.39 is 29.9 Å². The Labute approximate surface area is 304 Å². The number of benzene rings is 4. The summed E-state index contributed by atoms with van der Waals surface area (Å²) >= 11 is 0. The standard InChI is InChI=1S/C20H15F3N2O3.C19H14F2N2O3/c1-12-10-14(25-18-17(19(26)27)6-3-9-24-18)7-8-16(12)13-4-2-5-15(11-13)28-20(21,22)23;1-26-16-6-2-4-12(17(16)21)11-7-8-15(14(20)10-11)23-18-13(19(24)25)5-3-9-22-18/h2-11H,1H3,(H,24,25)(H,26,27);2-10H,1H3,(H,22,23)(H,24,25). The molecule has 0 aliphatic heterocycles. The van der Waals surface area contributed by atoms with Crippen molar-refractivity contribution in [1.29, 1.82) is 0 Å². The number of aryl methyl sites for hydroxylation is 1. The number of nitrogens with one attached hydrogen (secondary N) is 2. The summed E-state index contributed by atoms with van der Waals surface area (Å²) in [6.45, 7) is 1.80. The molecule has 0 fully saturated rings. The Balaban J connectivity index is 0.000000208. The molecule has 0 unspecified atom stereocenters. The van der Waals surface area contributed by atoms with E-state index in [1.165, 1.54) is 86.2 Å². The molecule has 0 aliphatic carbocycles. The summed E-state index contributed by atoms with van der Waals surface area (Å²) in [5, 5.41) is 24.0. The monoisotopic (exact) mass is 744 g/mol. The van der Waals surface area contributed by atoms with Gasteiger partial charge in [-0.25, -0.2) is 28.3 Å². The summed E-state index contributed by atoms with van der Waals surface area (Å²) in [5.74, 6) is -3.58. The largest absolute Gasteiger partial charge is 0.573 e. The van der Waals surface area contributed by atoms with Crippen molar-refractivity contribution < 1.29 is 51.2 Å². The molecule has 2 heterocycles. The fourth-order valence-electron chi connectivity index (χ4n) is 5.22. The number of alkyl halides is 3. The van der Waals surface area contributed by atoms with E-state index in [4.69, 9.17) is 9.84 Å². The topological polar surface area (TPSA) is 143 Å². The number of aromatic nitrogens is 2. The molecular formula is C39H29F5N4O6. The first-order valence-corrected chi connectivity index (χ1v) is 15.7. The van der Waals surface area contributed by atoms with E-state index in [2.05, 4.69) is 25.3 Å². The van der Waals surface area contributed by atoms with Crippen molar-refractivity contribution >= 4 is 34.9 Å². The van der Waals surface area contributed by atoms with Crippen molar-refractivity contribution in [3.05, 3.63) is 144 Å². The Hall–Kier alpha value is -7.03. The van der Waals surface area contributed by atoms with Gasteiger partial charge in [-0.05, 0) is 95.9 Å². The molecule has 4 aromatic carbocycles. The van der Waals surface area contributed by atoms with Gasteiger partial charge in [0.25, 0.3) is 0 Å². The van der Waals surface area contributed by atoms with Crippen LogP contribution in [0.5, 0.6) is 11.5 Å². The molecule has 54 heavy (non-hydrogen) atoms. The third-order valence-electron chi connectivity index (χ3n) is 7.66. The Morgan fingerprint density at radius 1 is 0.704 bits per heavy atom.